The minimum absolute atomic E-state index is 0.0249. The highest BCUT2D eigenvalue weighted by Crippen LogP contribution is 2.49. The van der Waals surface area contributed by atoms with Crippen molar-refractivity contribution in [3.05, 3.63) is 68.9 Å². The summed E-state index contributed by atoms with van der Waals surface area (Å²) in [5.41, 5.74) is 2.14. The molecule has 2 saturated heterocycles. The van der Waals surface area contributed by atoms with Crippen molar-refractivity contribution in [3.8, 4) is 0 Å². The molecule has 8 nitrogen and oxygen atoms in total. The highest BCUT2D eigenvalue weighted by atomic mass is 19.3. The number of amides is 2. The molecule has 0 saturated carbocycles. The van der Waals surface area contributed by atoms with E-state index in [-0.39, 0.29) is 36.7 Å². The van der Waals surface area contributed by atoms with Crippen LogP contribution in [0.25, 0.3) is 0 Å². The quantitative estimate of drug-likeness (QED) is 0.618. The Morgan fingerprint density at radius 3 is 2.49 bits per heavy atom. The van der Waals surface area contributed by atoms with Crippen LogP contribution in [0.15, 0.2) is 29.2 Å². The zero-order valence-corrected chi connectivity index (χ0v) is 19.6. The highest BCUT2D eigenvalue weighted by molar-refractivity contribution is 5.96. The van der Waals surface area contributed by atoms with E-state index in [1.54, 1.807) is 6.92 Å². The Kier molecular flexibility index (Phi) is 6.10. The summed E-state index contributed by atoms with van der Waals surface area (Å²) in [5.74, 6) is -5.12. The Balaban J connectivity index is 1.61. The largest absolute Gasteiger partial charge is 0.365 e. The van der Waals surface area contributed by atoms with E-state index in [0.717, 1.165) is 17.3 Å². The molecule has 2 amide bonds. The van der Waals surface area contributed by atoms with Crippen LogP contribution in [-0.4, -0.2) is 57.0 Å². The van der Waals surface area contributed by atoms with Crippen LogP contribution in [0.5, 0.6) is 0 Å². The fourth-order valence-electron chi connectivity index (χ4n) is 5.63. The minimum atomic E-state index is -2.97. The first-order valence-electron chi connectivity index (χ1n) is 11.7. The summed E-state index contributed by atoms with van der Waals surface area (Å²) in [5, 5.41) is 0.804. The van der Waals surface area contributed by atoms with Crippen LogP contribution >= 0.6 is 0 Å². The van der Waals surface area contributed by atoms with Gasteiger partial charge in [0.25, 0.3) is 18.2 Å². The van der Waals surface area contributed by atoms with Gasteiger partial charge in [0.1, 0.15) is 34.3 Å². The molecule has 5 rings (SSSR count). The number of primary amides is 1. The normalized spacial score (nSPS) is 27.6. The molecule has 4 heterocycles. The molecule has 1 aromatic carbocycles. The van der Waals surface area contributed by atoms with Crippen molar-refractivity contribution in [3.63, 3.8) is 0 Å². The van der Waals surface area contributed by atoms with E-state index in [1.807, 2.05) is 0 Å². The first kappa shape index (κ1) is 25.3. The number of carbonyl (C=O) groups excluding carboxylic acids is 2. The zero-order chi connectivity index (χ0) is 26.8. The second-order valence-corrected chi connectivity index (χ2v) is 9.75. The summed E-state index contributed by atoms with van der Waals surface area (Å²) in [6.45, 7) is 1.08. The van der Waals surface area contributed by atoms with Gasteiger partial charge < -0.3 is 15.2 Å². The van der Waals surface area contributed by atoms with E-state index in [0.29, 0.717) is 18.6 Å². The maximum atomic E-state index is 14.4. The van der Waals surface area contributed by atoms with Crippen LogP contribution in [-0.2, 0) is 11.4 Å². The molecule has 4 unspecified atom stereocenters. The van der Waals surface area contributed by atoms with E-state index in [4.69, 9.17) is 10.6 Å². The molecule has 37 heavy (non-hydrogen) atoms. The molecule has 2 N–H and O–H groups in total. The van der Waals surface area contributed by atoms with E-state index in [9.17, 15) is 36.3 Å². The van der Waals surface area contributed by atoms with Crippen molar-refractivity contribution >= 4 is 11.8 Å². The predicted octanol–water partition coefficient (Wildman–Crippen LogP) is 2.75. The van der Waals surface area contributed by atoms with Crippen molar-refractivity contribution in [1.82, 2.24) is 14.5 Å². The topological polar surface area (TPSA) is 97.9 Å². The van der Waals surface area contributed by atoms with Gasteiger partial charge in [0.15, 0.2) is 5.43 Å². The molecule has 2 bridgehead atoms. The standard InChI is InChI=1S/C24H23F5N4O4/c1-11-2-3-24(20-10-31(11)23(36)17-6-19(34)14(22(30)35)8-32(17)20)7-18(21(28)29)33(37-24)9-13-15(26)4-12(25)5-16(13)27/h4-6,8,11,18,20-21H,2-3,7,9-10H2,1H3,(H2,30,35). The number of halogens is 5. The summed E-state index contributed by atoms with van der Waals surface area (Å²) in [6, 6.07) is -0.827. The number of hydroxylamine groups is 2. The number of hydrogen-bond acceptors (Lipinski definition) is 5. The monoisotopic (exact) mass is 526 g/mol. The van der Waals surface area contributed by atoms with E-state index < -0.39 is 70.9 Å². The molecule has 0 radical (unpaired) electrons. The van der Waals surface area contributed by atoms with Crippen molar-refractivity contribution < 1.29 is 36.4 Å². The van der Waals surface area contributed by atoms with E-state index in [1.165, 1.54) is 9.47 Å². The van der Waals surface area contributed by atoms with Gasteiger partial charge in [-0.3, -0.25) is 19.2 Å². The first-order valence-corrected chi connectivity index (χ1v) is 11.7. The Labute approximate surface area is 207 Å². The number of alkyl halides is 2. The zero-order valence-electron chi connectivity index (χ0n) is 19.6. The predicted molar refractivity (Wildman–Crippen MR) is 118 cm³/mol. The van der Waals surface area contributed by atoms with Crippen LogP contribution in [0, 0.1) is 17.5 Å². The molecule has 13 heteroatoms. The first-order chi connectivity index (χ1) is 17.4. The van der Waals surface area contributed by atoms with Gasteiger partial charge in [-0.05, 0) is 19.8 Å². The molecule has 0 aliphatic carbocycles. The van der Waals surface area contributed by atoms with E-state index in [2.05, 4.69) is 0 Å². The maximum Gasteiger partial charge on any atom is 0.270 e. The fourth-order valence-corrected chi connectivity index (χ4v) is 5.63. The van der Waals surface area contributed by atoms with Crippen molar-refractivity contribution in [1.29, 1.82) is 0 Å². The van der Waals surface area contributed by atoms with Gasteiger partial charge in [-0.2, -0.15) is 5.06 Å². The van der Waals surface area contributed by atoms with Gasteiger partial charge in [-0.15, -0.1) is 0 Å². The lowest BCUT2D eigenvalue weighted by atomic mass is 9.83. The summed E-state index contributed by atoms with van der Waals surface area (Å²) < 4.78 is 72.0. The maximum absolute atomic E-state index is 14.4. The van der Waals surface area contributed by atoms with Crippen molar-refractivity contribution in [2.24, 2.45) is 5.73 Å². The Hall–Kier alpha value is -3.32. The third-order valence-electron chi connectivity index (χ3n) is 7.59. The lowest BCUT2D eigenvalue weighted by molar-refractivity contribution is -0.236. The molecule has 3 aliphatic rings. The third-order valence-corrected chi connectivity index (χ3v) is 7.59. The minimum Gasteiger partial charge on any atom is -0.365 e. The van der Waals surface area contributed by atoms with Gasteiger partial charge in [0, 0.05) is 49.0 Å². The smallest absolute Gasteiger partial charge is 0.270 e. The van der Waals surface area contributed by atoms with Crippen molar-refractivity contribution in [2.45, 2.75) is 62.9 Å². The number of pyridine rings is 1. The summed E-state index contributed by atoms with van der Waals surface area (Å²) in [6.07, 6.45) is -1.56. The number of nitrogens with zero attached hydrogens (tertiary/aromatic N) is 3. The number of fused-ring (bicyclic) bond motifs is 5. The Morgan fingerprint density at radius 1 is 1.19 bits per heavy atom. The molecule has 1 aromatic heterocycles. The van der Waals surface area contributed by atoms with Gasteiger partial charge in [-0.25, -0.2) is 22.0 Å². The number of nitrogens with two attached hydrogens (primary N) is 1. The van der Waals surface area contributed by atoms with Crippen LogP contribution < -0.4 is 11.2 Å². The lowest BCUT2D eigenvalue weighted by Gasteiger charge is -2.42. The molecule has 1 spiro atoms. The molecule has 4 atom stereocenters. The molecular formula is C24H23F5N4O4. The number of carbonyl (C=O) groups is 2. The number of rotatable bonds is 4. The van der Waals surface area contributed by atoms with Crippen LogP contribution in [0.2, 0.25) is 0 Å². The summed E-state index contributed by atoms with van der Waals surface area (Å²) >= 11 is 0. The van der Waals surface area contributed by atoms with Crippen LogP contribution in [0.4, 0.5) is 22.0 Å². The summed E-state index contributed by atoms with van der Waals surface area (Å²) in [7, 11) is 0. The average molecular weight is 526 g/mol. The van der Waals surface area contributed by atoms with Crippen LogP contribution in [0.1, 0.15) is 58.6 Å². The number of benzene rings is 1. The second-order valence-electron chi connectivity index (χ2n) is 9.75. The van der Waals surface area contributed by atoms with E-state index >= 15 is 0 Å². The summed E-state index contributed by atoms with van der Waals surface area (Å²) in [4.78, 5) is 45.1. The SMILES string of the molecule is CC1CCC2(CC(C(F)F)N(Cc3c(F)cc(F)cc3F)O2)C2CN1C(=O)c1cc(=O)c(C(N)=O)cn12. The van der Waals surface area contributed by atoms with Gasteiger partial charge in [-0.1, -0.05) is 0 Å². The average Bonchev–Trinajstić information content (AvgIpc) is 3.14. The third kappa shape index (κ3) is 4.09. The van der Waals surface area contributed by atoms with Crippen molar-refractivity contribution in [2.75, 3.05) is 6.54 Å². The fraction of sp³-hybridized carbons (Fsp3) is 0.458. The number of aromatic nitrogens is 1. The van der Waals surface area contributed by atoms with Gasteiger partial charge >= 0.3 is 0 Å². The van der Waals surface area contributed by atoms with Gasteiger partial charge in [0.2, 0.25) is 0 Å². The van der Waals surface area contributed by atoms with Gasteiger partial charge in [0.05, 0.1) is 18.6 Å². The Morgan fingerprint density at radius 2 is 1.86 bits per heavy atom. The number of hydrogen-bond donors (Lipinski definition) is 1. The molecule has 198 valence electrons. The second kappa shape index (κ2) is 8.91. The molecule has 2 fully saturated rings. The van der Waals surface area contributed by atoms with Crippen LogP contribution in [0.3, 0.4) is 0 Å². The Bertz CT molecular complexity index is 1330. The lowest BCUT2D eigenvalue weighted by Crippen LogP contribution is -2.52. The molecule has 2 aromatic rings. The molecule has 3 aliphatic heterocycles. The highest BCUT2D eigenvalue weighted by Gasteiger charge is 2.57. The molecular weight excluding hydrogens is 503 g/mol.